The normalized spacial score (nSPS) is 20.7. The van der Waals surface area contributed by atoms with Gasteiger partial charge in [0.2, 0.25) is 0 Å². The Kier molecular flexibility index (Phi) is 5.79. The zero-order chi connectivity index (χ0) is 13.7. The quantitative estimate of drug-likeness (QED) is 0.844. The van der Waals surface area contributed by atoms with Gasteiger partial charge in [0.05, 0.1) is 10.6 Å². The van der Waals surface area contributed by atoms with Gasteiger partial charge < -0.3 is 10.1 Å². The number of benzene rings is 1. The lowest BCUT2D eigenvalue weighted by Crippen LogP contribution is -2.18. The molecule has 4 heteroatoms. The summed E-state index contributed by atoms with van der Waals surface area (Å²) >= 11 is 3.34. The SMILES string of the molecule is CNC(CCCC1CCCO1)c1cccc(F)c1Br. The minimum Gasteiger partial charge on any atom is -0.378 e. The summed E-state index contributed by atoms with van der Waals surface area (Å²) in [6.07, 6.45) is 6.01. The summed E-state index contributed by atoms with van der Waals surface area (Å²) in [5, 5.41) is 3.27. The maximum absolute atomic E-state index is 13.5. The van der Waals surface area contributed by atoms with Gasteiger partial charge in [-0.05, 0) is 66.7 Å². The maximum atomic E-state index is 13.5. The highest BCUT2D eigenvalue weighted by Crippen LogP contribution is 2.29. The van der Waals surface area contributed by atoms with Crippen LogP contribution >= 0.6 is 15.9 Å². The molecule has 0 saturated carbocycles. The Bertz CT molecular complexity index is 407. The van der Waals surface area contributed by atoms with Crippen molar-refractivity contribution in [1.29, 1.82) is 0 Å². The molecular weight excluding hydrogens is 309 g/mol. The van der Waals surface area contributed by atoms with Crippen LogP contribution < -0.4 is 5.32 Å². The van der Waals surface area contributed by atoms with Crippen LogP contribution in [0.5, 0.6) is 0 Å². The van der Waals surface area contributed by atoms with Crippen LogP contribution in [0.4, 0.5) is 4.39 Å². The van der Waals surface area contributed by atoms with E-state index in [0.717, 1.165) is 31.4 Å². The number of ether oxygens (including phenoxy) is 1. The lowest BCUT2D eigenvalue weighted by atomic mass is 9.99. The first-order valence-corrected chi connectivity index (χ1v) is 7.74. The fraction of sp³-hybridized carbons (Fsp3) is 0.600. The van der Waals surface area contributed by atoms with E-state index in [1.807, 2.05) is 13.1 Å². The molecular formula is C15H21BrFNO. The first-order chi connectivity index (χ1) is 9.22. The number of hydrogen-bond acceptors (Lipinski definition) is 2. The van der Waals surface area contributed by atoms with Crippen LogP contribution in [0.2, 0.25) is 0 Å². The Morgan fingerprint density at radius 3 is 3.05 bits per heavy atom. The molecule has 1 aromatic carbocycles. The molecule has 1 heterocycles. The molecule has 1 aliphatic heterocycles. The smallest absolute Gasteiger partial charge is 0.137 e. The second-order valence-electron chi connectivity index (χ2n) is 5.05. The average Bonchev–Trinajstić information content (AvgIpc) is 2.92. The molecule has 2 nitrogen and oxygen atoms in total. The molecule has 1 N–H and O–H groups in total. The van der Waals surface area contributed by atoms with Gasteiger partial charge in [0, 0.05) is 12.6 Å². The van der Waals surface area contributed by atoms with Crippen molar-refractivity contribution in [3.63, 3.8) is 0 Å². The molecule has 1 aromatic rings. The van der Waals surface area contributed by atoms with Gasteiger partial charge in [-0.25, -0.2) is 4.39 Å². The monoisotopic (exact) mass is 329 g/mol. The van der Waals surface area contributed by atoms with E-state index in [1.54, 1.807) is 6.07 Å². The lowest BCUT2D eigenvalue weighted by molar-refractivity contribution is 0.101. The molecule has 2 unspecified atom stereocenters. The summed E-state index contributed by atoms with van der Waals surface area (Å²) < 4.78 is 19.8. The molecule has 0 spiro atoms. The van der Waals surface area contributed by atoms with E-state index < -0.39 is 0 Å². The van der Waals surface area contributed by atoms with E-state index in [9.17, 15) is 4.39 Å². The van der Waals surface area contributed by atoms with Crippen molar-refractivity contribution in [2.75, 3.05) is 13.7 Å². The molecule has 0 aliphatic carbocycles. The highest BCUT2D eigenvalue weighted by Gasteiger charge is 2.18. The Labute approximate surface area is 122 Å². The van der Waals surface area contributed by atoms with Crippen LogP contribution in [0.25, 0.3) is 0 Å². The third-order valence-corrected chi connectivity index (χ3v) is 4.58. The second kappa shape index (κ2) is 7.36. The molecule has 2 atom stereocenters. The Balaban J connectivity index is 1.90. The van der Waals surface area contributed by atoms with Crippen molar-refractivity contribution >= 4 is 15.9 Å². The number of nitrogens with one attached hydrogen (secondary N) is 1. The summed E-state index contributed by atoms with van der Waals surface area (Å²) in [6, 6.07) is 5.40. The highest BCUT2D eigenvalue weighted by atomic mass is 79.9. The van der Waals surface area contributed by atoms with E-state index in [4.69, 9.17) is 4.74 Å². The molecule has 0 amide bonds. The van der Waals surface area contributed by atoms with Crippen LogP contribution in [0.15, 0.2) is 22.7 Å². The Morgan fingerprint density at radius 1 is 1.53 bits per heavy atom. The topological polar surface area (TPSA) is 21.3 Å². The molecule has 1 aliphatic rings. The third kappa shape index (κ3) is 4.01. The van der Waals surface area contributed by atoms with Crippen LogP contribution in [-0.2, 0) is 4.74 Å². The minimum absolute atomic E-state index is 0.187. The van der Waals surface area contributed by atoms with E-state index in [1.165, 1.54) is 18.9 Å². The molecule has 0 bridgehead atoms. The Hall–Kier alpha value is -0.450. The molecule has 2 rings (SSSR count). The van der Waals surface area contributed by atoms with Gasteiger partial charge >= 0.3 is 0 Å². The highest BCUT2D eigenvalue weighted by molar-refractivity contribution is 9.10. The molecule has 19 heavy (non-hydrogen) atoms. The molecule has 106 valence electrons. The van der Waals surface area contributed by atoms with Crippen LogP contribution in [-0.4, -0.2) is 19.8 Å². The summed E-state index contributed by atoms with van der Waals surface area (Å²) in [4.78, 5) is 0. The summed E-state index contributed by atoms with van der Waals surface area (Å²) in [5.74, 6) is -0.197. The number of rotatable bonds is 6. The van der Waals surface area contributed by atoms with E-state index in [-0.39, 0.29) is 11.9 Å². The van der Waals surface area contributed by atoms with Crippen molar-refractivity contribution < 1.29 is 9.13 Å². The number of halogens is 2. The second-order valence-corrected chi connectivity index (χ2v) is 5.84. The van der Waals surface area contributed by atoms with Gasteiger partial charge in [0.25, 0.3) is 0 Å². The zero-order valence-electron chi connectivity index (χ0n) is 11.3. The van der Waals surface area contributed by atoms with Crippen molar-refractivity contribution in [2.24, 2.45) is 0 Å². The zero-order valence-corrected chi connectivity index (χ0v) is 12.9. The largest absolute Gasteiger partial charge is 0.378 e. The fourth-order valence-electron chi connectivity index (χ4n) is 2.67. The first-order valence-electron chi connectivity index (χ1n) is 6.95. The van der Waals surface area contributed by atoms with Crippen LogP contribution in [0, 0.1) is 5.82 Å². The van der Waals surface area contributed by atoms with Gasteiger partial charge in [-0.2, -0.15) is 0 Å². The predicted molar refractivity (Wildman–Crippen MR) is 78.7 cm³/mol. The lowest BCUT2D eigenvalue weighted by Gasteiger charge is -2.19. The summed E-state index contributed by atoms with van der Waals surface area (Å²) in [6.45, 7) is 0.912. The average molecular weight is 330 g/mol. The van der Waals surface area contributed by atoms with Gasteiger partial charge in [0.1, 0.15) is 5.82 Å². The standard InChI is InChI=1S/C15H21BrFNO/c1-18-14(9-2-5-11-6-4-10-19-11)12-7-3-8-13(17)15(12)16/h3,7-8,11,14,18H,2,4-6,9-10H2,1H3. The van der Waals surface area contributed by atoms with E-state index in [2.05, 4.69) is 21.2 Å². The van der Waals surface area contributed by atoms with Crippen LogP contribution in [0.3, 0.4) is 0 Å². The van der Waals surface area contributed by atoms with Gasteiger partial charge in [-0.1, -0.05) is 12.1 Å². The Morgan fingerprint density at radius 2 is 2.37 bits per heavy atom. The summed E-state index contributed by atoms with van der Waals surface area (Å²) in [7, 11) is 1.92. The van der Waals surface area contributed by atoms with E-state index in [0.29, 0.717) is 10.6 Å². The van der Waals surface area contributed by atoms with Crippen molar-refractivity contribution in [1.82, 2.24) is 5.32 Å². The maximum Gasteiger partial charge on any atom is 0.137 e. The minimum atomic E-state index is -0.197. The fourth-order valence-corrected chi connectivity index (χ4v) is 3.21. The van der Waals surface area contributed by atoms with Gasteiger partial charge in [0.15, 0.2) is 0 Å². The van der Waals surface area contributed by atoms with Crippen molar-refractivity contribution in [3.8, 4) is 0 Å². The van der Waals surface area contributed by atoms with Gasteiger partial charge in [-0.3, -0.25) is 0 Å². The molecule has 0 radical (unpaired) electrons. The first kappa shape index (κ1) is 14.9. The van der Waals surface area contributed by atoms with Crippen LogP contribution in [0.1, 0.15) is 43.7 Å². The number of hydrogen-bond donors (Lipinski definition) is 1. The van der Waals surface area contributed by atoms with Gasteiger partial charge in [-0.15, -0.1) is 0 Å². The van der Waals surface area contributed by atoms with Crippen molar-refractivity contribution in [3.05, 3.63) is 34.1 Å². The summed E-state index contributed by atoms with van der Waals surface area (Å²) in [5.41, 5.74) is 0.995. The third-order valence-electron chi connectivity index (χ3n) is 3.75. The molecule has 0 aromatic heterocycles. The van der Waals surface area contributed by atoms with E-state index >= 15 is 0 Å². The van der Waals surface area contributed by atoms with Crippen molar-refractivity contribution in [2.45, 2.75) is 44.2 Å². The molecule has 1 fully saturated rings. The molecule has 1 saturated heterocycles. The predicted octanol–water partition coefficient (Wildman–Crippen LogP) is 4.20.